The maximum Gasteiger partial charge on any atom is 2.00 e. The zero-order valence-corrected chi connectivity index (χ0v) is 17.8. The molecule has 0 bridgehead atoms. The zero-order chi connectivity index (χ0) is 12.2. The van der Waals surface area contributed by atoms with Crippen molar-refractivity contribution < 1.29 is 51.0 Å². The van der Waals surface area contributed by atoms with E-state index in [1.54, 1.807) is 0 Å². The monoisotopic (exact) mass is 433 g/mol. The molecular weight excluding hydrogens is 418 g/mol. The summed E-state index contributed by atoms with van der Waals surface area (Å²) in [5, 5.41) is 5.32. The Balaban J connectivity index is -0.000000286. The standard InChI is InChI=1S/2C9H7.CH3.2ClH.Si.Zr/c2*1-2-5-9-7-3-6-8(9)4-1;;;;;/h2*1-7H;1H3;2*1H;;/q3*-1;;;;+2/p-2. The minimum atomic E-state index is 0. The maximum absolute atomic E-state index is 2.12. The van der Waals surface area contributed by atoms with Gasteiger partial charge in [-0.1, -0.05) is 12.1 Å². The average Bonchev–Trinajstić information content (AvgIpc) is 3.08. The van der Waals surface area contributed by atoms with E-state index in [9.17, 15) is 0 Å². The van der Waals surface area contributed by atoms with Crippen molar-refractivity contribution >= 4 is 32.5 Å². The van der Waals surface area contributed by atoms with Gasteiger partial charge in [0, 0.05) is 11.0 Å². The maximum atomic E-state index is 2.12. The Morgan fingerprint density at radius 2 is 0.913 bits per heavy atom. The van der Waals surface area contributed by atoms with Crippen LogP contribution in [0.15, 0.2) is 84.9 Å². The van der Waals surface area contributed by atoms with Crippen molar-refractivity contribution in [2.45, 2.75) is 0 Å². The predicted molar refractivity (Wildman–Crippen MR) is 91.3 cm³/mol. The Morgan fingerprint density at radius 1 is 0.565 bits per heavy atom. The Kier molecular flexibility index (Phi) is 16.3. The molecule has 0 aliphatic heterocycles. The summed E-state index contributed by atoms with van der Waals surface area (Å²) in [5.41, 5.74) is 0. The molecule has 0 saturated heterocycles. The quantitative estimate of drug-likeness (QED) is 0.251. The summed E-state index contributed by atoms with van der Waals surface area (Å²) in [7, 11) is 0. The van der Waals surface area contributed by atoms with Gasteiger partial charge in [-0.3, -0.25) is 0 Å². The molecule has 4 aromatic carbocycles. The van der Waals surface area contributed by atoms with E-state index in [-0.39, 0.29) is 69.4 Å². The molecule has 0 N–H and O–H groups in total. The summed E-state index contributed by atoms with van der Waals surface area (Å²) in [6.45, 7) is 0. The smallest absolute Gasteiger partial charge is 1.00 e. The van der Waals surface area contributed by atoms with Gasteiger partial charge in [0.05, 0.1) is 0 Å². The molecule has 118 valence electrons. The third-order valence-corrected chi connectivity index (χ3v) is 3.10. The van der Waals surface area contributed by atoms with Crippen LogP contribution in [0.5, 0.6) is 0 Å². The van der Waals surface area contributed by atoms with Crippen molar-refractivity contribution in [2.24, 2.45) is 0 Å². The molecule has 4 rings (SSSR count). The van der Waals surface area contributed by atoms with E-state index in [2.05, 4.69) is 84.9 Å². The van der Waals surface area contributed by atoms with Crippen LogP contribution in [-0.2, 0) is 26.2 Å². The first kappa shape index (κ1) is 27.2. The molecule has 0 heterocycles. The Labute approximate surface area is 175 Å². The van der Waals surface area contributed by atoms with E-state index in [0.29, 0.717) is 0 Å². The fraction of sp³-hybridized carbons (Fsp3) is 0. The van der Waals surface area contributed by atoms with Crippen molar-refractivity contribution in [3.8, 4) is 0 Å². The summed E-state index contributed by atoms with van der Waals surface area (Å²) >= 11 is 0. The van der Waals surface area contributed by atoms with Gasteiger partial charge in [-0.25, -0.2) is 0 Å². The van der Waals surface area contributed by atoms with Gasteiger partial charge in [0.25, 0.3) is 0 Å². The molecule has 0 fully saturated rings. The molecule has 4 radical (unpaired) electrons. The van der Waals surface area contributed by atoms with Gasteiger partial charge >= 0.3 is 26.2 Å². The molecule has 0 aliphatic rings. The molecule has 0 unspecified atom stereocenters. The van der Waals surface area contributed by atoms with E-state index < -0.39 is 0 Å². The first-order valence-corrected chi connectivity index (χ1v) is 6.14. The van der Waals surface area contributed by atoms with Crippen molar-refractivity contribution in [3.63, 3.8) is 0 Å². The van der Waals surface area contributed by atoms with Crippen LogP contribution < -0.4 is 24.8 Å². The summed E-state index contributed by atoms with van der Waals surface area (Å²) in [5.74, 6) is 0. The molecular formula is C19H17Cl2SiZr-3. The Bertz CT molecular complexity index is 635. The molecule has 0 aromatic heterocycles. The third-order valence-electron chi connectivity index (χ3n) is 3.10. The van der Waals surface area contributed by atoms with Crippen LogP contribution in [0.3, 0.4) is 0 Å². The minimum Gasteiger partial charge on any atom is -1.00 e. The van der Waals surface area contributed by atoms with E-state index >= 15 is 0 Å². The van der Waals surface area contributed by atoms with Gasteiger partial charge in [-0.2, -0.15) is 35.0 Å². The number of fused-ring (bicyclic) bond motifs is 2. The van der Waals surface area contributed by atoms with Gasteiger partial charge in [0.1, 0.15) is 0 Å². The first-order chi connectivity index (χ1) is 8.93. The molecule has 4 heteroatoms. The number of hydrogen-bond donors (Lipinski definition) is 0. The topological polar surface area (TPSA) is 0 Å². The number of halogens is 2. The number of rotatable bonds is 0. The third kappa shape index (κ3) is 7.18. The summed E-state index contributed by atoms with van der Waals surface area (Å²) in [4.78, 5) is 0. The minimum absolute atomic E-state index is 0. The van der Waals surface area contributed by atoms with E-state index in [1.807, 2.05) is 0 Å². The van der Waals surface area contributed by atoms with E-state index in [0.717, 1.165) is 0 Å². The molecule has 0 aliphatic carbocycles. The van der Waals surface area contributed by atoms with Crippen LogP contribution in [0.25, 0.3) is 21.5 Å². The molecule has 0 spiro atoms. The van der Waals surface area contributed by atoms with Crippen LogP contribution in [0.4, 0.5) is 0 Å². The van der Waals surface area contributed by atoms with Crippen LogP contribution in [0, 0.1) is 7.43 Å². The molecule has 0 saturated carbocycles. The summed E-state index contributed by atoms with van der Waals surface area (Å²) in [6.07, 6.45) is 0. The predicted octanol–water partition coefficient (Wildman–Crippen LogP) is -0.808. The van der Waals surface area contributed by atoms with Gasteiger partial charge < -0.3 is 32.2 Å². The molecule has 0 atom stereocenters. The van der Waals surface area contributed by atoms with Gasteiger partial charge in [-0.15, -0.1) is 59.3 Å². The molecule has 23 heavy (non-hydrogen) atoms. The second-order valence-corrected chi connectivity index (χ2v) is 4.31. The van der Waals surface area contributed by atoms with Crippen LogP contribution in [-0.4, -0.2) is 11.0 Å². The van der Waals surface area contributed by atoms with Crippen LogP contribution >= 0.6 is 0 Å². The zero-order valence-electron chi connectivity index (χ0n) is 12.8. The van der Waals surface area contributed by atoms with Crippen molar-refractivity contribution in [3.05, 3.63) is 92.4 Å². The number of benzene rings is 2. The Hall–Kier alpha value is -0.660. The van der Waals surface area contributed by atoms with Gasteiger partial charge in [0.15, 0.2) is 0 Å². The van der Waals surface area contributed by atoms with Crippen molar-refractivity contribution in [1.82, 2.24) is 0 Å². The first-order valence-electron chi connectivity index (χ1n) is 6.14. The van der Waals surface area contributed by atoms with Gasteiger partial charge in [0.2, 0.25) is 0 Å². The van der Waals surface area contributed by atoms with E-state index in [4.69, 9.17) is 0 Å². The average molecular weight is 436 g/mol. The fourth-order valence-electron chi connectivity index (χ4n) is 2.14. The normalized spacial score (nSPS) is 8.00. The fourth-order valence-corrected chi connectivity index (χ4v) is 2.14. The van der Waals surface area contributed by atoms with Crippen molar-refractivity contribution in [1.29, 1.82) is 0 Å². The second kappa shape index (κ2) is 13.7. The van der Waals surface area contributed by atoms with Crippen LogP contribution in [0.2, 0.25) is 0 Å². The molecule has 0 amide bonds. The summed E-state index contributed by atoms with van der Waals surface area (Å²) < 4.78 is 0. The van der Waals surface area contributed by atoms with Crippen LogP contribution in [0.1, 0.15) is 0 Å². The van der Waals surface area contributed by atoms with Gasteiger partial charge in [-0.05, 0) is 0 Å². The summed E-state index contributed by atoms with van der Waals surface area (Å²) in [6, 6.07) is 29.3. The second-order valence-electron chi connectivity index (χ2n) is 4.31. The SMILES string of the molecule is [CH3-].[Cl-].[Cl-].[Si].[Zr+2].c1ccc2[cH-]ccc2c1.c1ccc2[cH-]ccc2c1. The van der Waals surface area contributed by atoms with Crippen molar-refractivity contribution in [2.75, 3.05) is 0 Å². The number of hydrogen-bond acceptors (Lipinski definition) is 0. The molecule has 4 aromatic rings. The largest absolute Gasteiger partial charge is 2.00 e. The molecule has 0 nitrogen and oxygen atoms in total. The van der Waals surface area contributed by atoms with E-state index in [1.165, 1.54) is 21.5 Å². The Morgan fingerprint density at radius 3 is 1.26 bits per heavy atom.